The number of nitrogens with zero attached hydrogens (tertiary/aromatic N) is 1. The second-order valence-corrected chi connectivity index (χ2v) is 5.07. The Morgan fingerprint density at radius 1 is 1.10 bits per heavy atom. The molecule has 4 heteroatoms. The average Bonchev–Trinajstić information content (AvgIpc) is 2.86. The predicted molar refractivity (Wildman–Crippen MR) is 74.5 cm³/mol. The number of carbonyl (C=O) groups excluding carboxylic acids is 2. The quantitative estimate of drug-likeness (QED) is 0.793. The Bertz CT molecular complexity index is 767. The van der Waals surface area contributed by atoms with Crippen molar-refractivity contribution < 1.29 is 9.59 Å². The fourth-order valence-electron chi connectivity index (χ4n) is 3.10. The van der Waals surface area contributed by atoms with Gasteiger partial charge >= 0.3 is 0 Å². The summed E-state index contributed by atoms with van der Waals surface area (Å²) in [5, 5.41) is 1.53. The van der Waals surface area contributed by atoms with E-state index in [0.717, 1.165) is 16.8 Å². The molecule has 0 fully saturated rings. The van der Waals surface area contributed by atoms with Gasteiger partial charge in [-0.3, -0.25) is 9.59 Å². The molecule has 1 unspecified atom stereocenters. The summed E-state index contributed by atoms with van der Waals surface area (Å²) in [5.74, 6) is -0.0568. The lowest BCUT2D eigenvalue weighted by molar-refractivity contribution is -0.117. The first-order valence-corrected chi connectivity index (χ1v) is 6.52. The summed E-state index contributed by atoms with van der Waals surface area (Å²) in [6.07, 6.45) is 0. The molecule has 2 aromatic carbocycles. The number of fused-ring (bicyclic) bond motifs is 2. The number of anilines is 1. The van der Waals surface area contributed by atoms with Crippen LogP contribution in [0.25, 0.3) is 0 Å². The molecule has 1 atom stereocenters. The van der Waals surface area contributed by atoms with Crippen LogP contribution >= 0.6 is 0 Å². The van der Waals surface area contributed by atoms with Gasteiger partial charge in [-0.05, 0) is 11.6 Å². The third-order valence-electron chi connectivity index (χ3n) is 3.95. The van der Waals surface area contributed by atoms with Crippen LogP contribution in [0.3, 0.4) is 0 Å². The Morgan fingerprint density at radius 3 is 2.65 bits per heavy atom. The summed E-state index contributed by atoms with van der Waals surface area (Å²) in [6, 6.07) is 12.9. The number of ketones is 1. The second-order valence-electron chi connectivity index (χ2n) is 5.07. The van der Waals surface area contributed by atoms with E-state index in [1.165, 1.54) is 11.9 Å². The molecule has 4 nitrogen and oxygen atoms in total. The highest BCUT2D eigenvalue weighted by molar-refractivity contribution is 6.14. The summed E-state index contributed by atoms with van der Waals surface area (Å²) in [5.41, 5.74) is 7.22. The highest BCUT2D eigenvalue weighted by Crippen LogP contribution is 2.44. The van der Waals surface area contributed by atoms with E-state index < -0.39 is 0 Å². The molecule has 4 rings (SSSR count). The van der Waals surface area contributed by atoms with E-state index in [1.807, 2.05) is 42.5 Å². The Kier molecular flexibility index (Phi) is 2.15. The van der Waals surface area contributed by atoms with Crippen LogP contribution in [-0.2, 0) is 4.79 Å². The predicted octanol–water partition coefficient (Wildman–Crippen LogP) is 2.19. The first kappa shape index (κ1) is 11.4. The van der Waals surface area contributed by atoms with Crippen LogP contribution in [0.2, 0.25) is 0 Å². The molecule has 0 aromatic heterocycles. The zero-order valence-corrected chi connectivity index (χ0v) is 10.9. The van der Waals surface area contributed by atoms with E-state index in [-0.39, 0.29) is 17.7 Å². The standard InChI is InChI=1S/C16H12N2O2/c1-9(19)18-13-8-4-7-12-14(13)15(17-18)10-5-2-3-6-11(10)16(12)20/h2-8,15,17H,1H3. The van der Waals surface area contributed by atoms with Crippen LogP contribution in [0.15, 0.2) is 42.5 Å². The third-order valence-corrected chi connectivity index (χ3v) is 3.95. The number of hydrogen-bond acceptors (Lipinski definition) is 3. The van der Waals surface area contributed by atoms with Gasteiger partial charge in [0.2, 0.25) is 5.91 Å². The SMILES string of the molecule is CC(=O)N1NC2c3ccccc3C(=O)c3cccc1c32. The van der Waals surface area contributed by atoms with Crippen LogP contribution in [-0.4, -0.2) is 11.7 Å². The molecular formula is C16H12N2O2. The molecule has 0 saturated carbocycles. The van der Waals surface area contributed by atoms with Gasteiger partial charge in [-0.15, -0.1) is 0 Å². The number of benzene rings is 2. The zero-order chi connectivity index (χ0) is 13.9. The smallest absolute Gasteiger partial charge is 0.238 e. The fourth-order valence-corrected chi connectivity index (χ4v) is 3.10. The molecule has 0 radical (unpaired) electrons. The van der Waals surface area contributed by atoms with Gasteiger partial charge in [-0.25, -0.2) is 10.4 Å². The summed E-state index contributed by atoms with van der Waals surface area (Å²) in [6.45, 7) is 1.51. The number of amides is 1. The maximum atomic E-state index is 12.6. The van der Waals surface area contributed by atoms with Crippen LogP contribution in [0.4, 0.5) is 5.69 Å². The molecule has 98 valence electrons. The van der Waals surface area contributed by atoms with E-state index in [0.29, 0.717) is 11.1 Å². The Labute approximate surface area is 116 Å². The highest BCUT2D eigenvalue weighted by Gasteiger charge is 2.40. The molecular weight excluding hydrogens is 252 g/mol. The second kappa shape index (κ2) is 3.77. The minimum absolute atomic E-state index is 0.0286. The first-order valence-electron chi connectivity index (χ1n) is 6.52. The van der Waals surface area contributed by atoms with Crippen molar-refractivity contribution in [3.63, 3.8) is 0 Å². The number of hydrogen-bond donors (Lipinski definition) is 1. The van der Waals surface area contributed by atoms with Gasteiger partial charge in [0, 0.05) is 23.6 Å². The number of hydrazine groups is 1. The summed E-state index contributed by atoms with van der Waals surface area (Å²) in [7, 11) is 0. The fraction of sp³-hybridized carbons (Fsp3) is 0.125. The molecule has 0 saturated heterocycles. The minimum atomic E-state index is -0.126. The molecule has 1 aliphatic heterocycles. The van der Waals surface area contributed by atoms with Crippen LogP contribution in [0.1, 0.15) is 40.0 Å². The largest absolute Gasteiger partial charge is 0.289 e. The van der Waals surface area contributed by atoms with Crippen molar-refractivity contribution in [2.45, 2.75) is 13.0 Å². The van der Waals surface area contributed by atoms with Crippen LogP contribution < -0.4 is 10.4 Å². The van der Waals surface area contributed by atoms with Crippen LogP contribution in [0, 0.1) is 0 Å². The lowest BCUT2D eigenvalue weighted by Crippen LogP contribution is -2.39. The van der Waals surface area contributed by atoms with E-state index in [2.05, 4.69) is 5.43 Å². The summed E-state index contributed by atoms with van der Waals surface area (Å²) in [4.78, 5) is 24.4. The maximum absolute atomic E-state index is 12.6. The van der Waals surface area contributed by atoms with Crippen LogP contribution in [0.5, 0.6) is 0 Å². The highest BCUT2D eigenvalue weighted by atomic mass is 16.2. The molecule has 2 aliphatic rings. The van der Waals surface area contributed by atoms with Gasteiger partial charge in [0.1, 0.15) is 0 Å². The van der Waals surface area contributed by atoms with Gasteiger partial charge in [0.25, 0.3) is 0 Å². The average molecular weight is 264 g/mol. The zero-order valence-electron chi connectivity index (χ0n) is 10.9. The Morgan fingerprint density at radius 2 is 1.85 bits per heavy atom. The van der Waals surface area contributed by atoms with Crippen molar-refractivity contribution in [3.05, 3.63) is 64.7 Å². The van der Waals surface area contributed by atoms with Gasteiger partial charge < -0.3 is 0 Å². The number of rotatable bonds is 0. The van der Waals surface area contributed by atoms with Crippen molar-refractivity contribution >= 4 is 17.4 Å². The van der Waals surface area contributed by atoms with Crippen molar-refractivity contribution in [1.29, 1.82) is 0 Å². The van der Waals surface area contributed by atoms with E-state index in [9.17, 15) is 9.59 Å². The van der Waals surface area contributed by atoms with Gasteiger partial charge in [-0.1, -0.05) is 36.4 Å². The van der Waals surface area contributed by atoms with Gasteiger partial charge in [0.05, 0.1) is 11.7 Å². The first-order chi connectivity index (χ1) is 9.68. The topological polar surface area (TPSA) is 49.4 Å². The summed E-state index contributed by atoms with van der Waals surface area (Å²) < 4.78 is 0. The van der Waals surface area contributed by atoms with Crippen molar-refractivity contribution in [3.8, 4) is 0 Å². The molecule has 2 aromatic rings. The lowest BCUT2D eigenvalue weighted by Gasteiger charge is -2.23. The third kappa shape index (κ3) is 1.29. The Hall–Kier alpha value is -2.46. The normalized spacial score (nSPS) is 18.8. The van der Waals surface area contributed by atoms with Crippen molar-refractivity contribution in [2.75, 3.05) is 5.01 Å². The van der Waals surface area contributed by atoms with Gasteiger partial charge in [0.15, 0.2) is 5.78 Å². The van der Waals surface area contributed by atoms with E-state index >= 15 is 0 Å². The molecule has 1 N–H and O–H groups in total. The Balaban J connectivity index is 2.03. The monoisotopic (exact) mass is 264 g/mol. The van der Waals surface area contributed by atoms with E-state index in [1.54, 1.807) is 0 Å². The van der Waals surface area contributed by atoms with Gasteiger partial charge in [-0.2, -0.15) is 0 Å². The number of carbonyl (C=O) groups is 2. The molecule has 0 bridgehead atoms. The molecule has 1 amide bonds. The van der Waals surface area contributed by atoms with E-state index in [4.69, 9.17) is 0 Å². The molecule has 1 heterocycles. The van der Waals surface area contributed by atoms with Crippen molar-refractivity contribution in [2.24, 2.45) is 0 Å². The maximum Gasteiger partial charge on any atom is 0.238 e. The summed E-state index contributed by atoms with van der Waals surface area (Å²) >= 11 is 0. The molecule has 1 aliphatic carbocycles. The minimum Gasteiger partial charge on any atom is -0.289 e. The molecule has 20 heavy (non-hydrogen) atoms. The lowest BCUT2D eigenvalue weighted by atomic mass is 9.82. The number of nitrogens with one attached hydrogen (secondary N) is 1. The van der Waals surface area contributed by atoms with Crippen molar-refractivity contribution in [1.82, 2.24) is 5.43 Å². The molecule has 0 spiro atoms.